The maximum Gasteiger partial charge on any atom is 0.412 e. The number of hydrogen-bond acceptors (Lipinski definition) is 10. The molecule has 0 aromatic carbocycles. The predicted octanol–water partition coefficient (Wildman–Crippen LogP) is 4.03. The summed E-state index contributed by atoms with van der Waals surface area (Å²) >= 11 is 6.25. The van der Waals surface area contributed by atoms with E-state index in [9.17, 15) is 9.59 Å². The number of anilines is 1. The van der Waals surface area contributed by atoms with Crippen molar-refractivity contribution in [1.82, 2.24) is 24.5 Å². The van der Waals surface area contributed by atoms with Gasteiger partial charge in [-0.2, -0.15) is 5.10 Å². The van der Waals surface area contributed by atoms with E-state index in [0.717, 1.165) is 28.1 Å². The minimum absolute atomic E-state index is 0.112. The Morgan fingerprint density at radius 3 is 2.77 bits per heavy atom. The highest BCUT2D eigenvalue weighted by Gasteiger charge is 2.28. The van der Waals surface area contributed by atoms with Crippen LogP contribution in [0.2, 0.25) is 0 Å². The smallest absolute Gasteiger partial charge is 0.412 e. The molecule has 5 rings (SSSR count). The molecule has 3 aromatic rings. The first-order valence-electron chi connectivity index (χ1n) is 15.3. The van der Waals surface area contributed by atoms with Crippen LogP contribution in [0.5, 0.6) is 0 Å². The molecule has 1 unspecified atom stereocenters. The third-order valence-electron chi connectivity index (χ3n) is 7.65. The highest BCUT2D eigenvalue weighted by Crippen LogP contribution is 2.34. The fraction of sp³-hybridized carbons (Fsp3) is 0.344. The van der Waals surface area contributed by atoms with E-state index in [1.165, 1.54) is 11.3 Å². The van der Waals surface area contributed by atoms with Gasteiger partial charge in [0.05, 0.1) is 43.5 Å². The third kappa shape index (κ3) is 8.54. The fourth-order valence-electron chi connectivity index (χ4n) is 5.48. The fourth-order valence-corrected chi connectivity index (χ4v) is 5.66. The van der Waals surface area contributed by atoms with Crippen molar-refractivity contribution >= 4 is 35.4 Å². The Morgan fingerprint density at radius 1 is 1.15 bits per heavy atom. The van der Waals surface area contributed by atoms with E-state index in [4.69, 9.17) is 37.5 Å². The summed E-state index contributed by atoms with van der Waals surface area (Å²) in [5.41, 5.74) is 4.57. The number of nitrogens with one attached hydrogen (secondary N) is 2. The Labute approximate surface area is 276 Å². The molecule has 0 saturated carbocycles. The van der Waals surface area contributed by atoms with Gasteiger partial charge >= 0.3 is 6.09 Å². The van der Waals surface area contributed by atoms with E-state index in [2.05, 4.69) is 25.4 Å². The number of hydrazone groups is 1. The number of fused-ring (bicyclic) bond motifs is 1. The van der Waals surface area contributed by atoms with Crippen LogP contribution in [0.1, 0.15) is 49.3 Å². The number of ether oxygens (including phenoxy) is 3. The topological polar surface area (TPSA) is 188 Å². The quantitative estimate of drug-likeness (QED) is 0.0683. The maximum atomic E-state index is 13.6. The summed E-state index contributed by atoms with van der Waals surface area (Å²) in [6.07, 6.45) is 12.2. The number of carbonyl (C=O) groups excluding carboxylic acids is 1. The molecular formula is C32H38ClN9O5. The van der Waals surface area contributed by atoms with Crippen molar-refractivity contribution in [3.05, 3.63) is 93.1 Å². The Balaban J connectivity index is 1.26. The number of aromatic amines is 1. The number of pyridine rings is 2. The number of imidazole rings is 1. The molecular weight excluding hydrogens is 626 g/mol. The van der Waals surface area contributed by atoms with Gasteiger partial charge in [-0.05, 0) is 74.1 Å². The van der Waals surface area contributed by atoms with Crippen LogP contribution in [0.4, 0.5) is 10.6 Å². The van der Waals surface area contributed by atoms with Crippen molar-refractivity contribution in [2.24, 2.45) is 16.8 Å². The summed E-state index contributed by atoms with van der Waals surface area (Å²) in [5, 5.41) is 8.07. The monoisotopic (exact) mass is 663 g/mol. The van der Waals surface area contributed by atoms with E-state index >= 15 is 0 Å². The van der Waals surface area contributed by atoms with Crippen LogP contribution in [-0.4, -0.2) is 70.0 Å². The summed E-state index contributed by atoms with van der Waals surface area (Å²) in [6.45, 7) is 3.86. The molecule has 2 aliphatic rings. The van der Waals surface area contributed by atoms with Gasteiger partial charge in [-0.3, -0.25) is 15.1 Å². The van der Waals surface area contributed by atoms with Crippen molar-refractivity contribution in [3.63, 3.8) is 0 Å². The standard InChI is InChI=1S/C32H38ClN9O5/c1-2-45-12-13-46-14-15-47-32(44)40-29-11-6-21(18-36-29)26-19-37-31(39-26)28-10-8-24-16-22(17-30(43)42(24)28)25-5-3-4-23(33)7-9-27(25)41(35)20-38-34/h4,6-7,9,11,16-20,28H,2-3,5,8,10,12-15,34-35H2,1H3,(H,37,39)(H,36,40,44)/b9-7-,23-4+,27-25-,38-20-. The van der Waals surface area contributed by atoms with E-state index in [-0.39, 0.29) is 24.8 Å². The number of carbonyl (C=O) groups is 1. The second-order valence-electron chi connectivity index (χ2n) is 10.7. The molecule has 1 aliphatic carbocycles. The lowest BCUT2D eigenvalue weighted by Gasteiger charge is -2.21. The zero-order valence-corrected chi connectivity index (χ0v) is 26.8. The van der Waals surface area contributed by atoms with Crippen molar-refractivity contribution in [2.75, 3.05) is 38.4 Å². The highest BCUT2D eigenvalue weighted by atomic mass is 35.5. The van der Waals surface area contributed by atoms with Crippen LogP contribution in [-0.2, 0) is 20.6 Å². The molecule has 1 aliphatic heterocycles. The molecule has 14 nitrogen and oxygen atoms in total. The van der Waals surface area contributed by atoms with E-state index in [1.54, 1.807) is 41.2 Å². The second-order valence-corrected chi connectivity index (χ2v) is 11.1. The van der Waals surface area contributed by atoms with Crippen LogP contribution < -0.4 is 22.6 Å². The molecule has 47 heavy (non-hydrogen) atoms. The number of hydrazine groups is 1. The molecule has 3 aromatic heterocycles. The van der Waals surface area contributed by atoms with Crippen molar-refractivity contribution in [3.8, 4) is 11.3 Å². The average Bonchev–Trinajstić information content (AvgIpc) is 3.71. The van der Waals surface area contributed by atoms with Gasteiger partial charge in [0.1, 0.15) is 24.6 Å². The molecule has 4 heterocycles. The molecule has 1 atom stereocenters. The zero-order valence-electron chi connectivity index (χ0n) is 26.0. The molecule has 0 radical (unpaired) electrons. The highest BCUT2D eigenvalue weighted by molar-refractivity contribution is 6.31. The average molecular weight is 664 g/mol. The Kier molecular flexibility index (Phi) is 11.6. The van der Waals surface area contributed by atoms with E-state index < -0.39 is 6.09 Å². The van der Waals surface area contributed by atoms with Gasteiger partial charge in [-0.25, -0.2) is 20.6 Å². The van der Waals surface area contributed by atoms with Gasteiger partial charge in [-0.15, -0.1) is 0 Å². The largest absolute Gasteiger partial charge is 0.447 e. The summed E-state index contributed by atoms with van der Waals surface area (Å²) in [6, 6.07) is 6.89. The number of hydrogen-bond donors (Lipinski definition) is 4. The first kappa shape index (κ1) is 33.6. The van der Waals surface area contributed by atoms with Crippen LogP contribution >= 0.6 is 11.6 Å². The molecule has 0 fully saturated rings. The Hall–Kier alpha value is -4.76. The lowest BCUT2D eigenvalue weighted by atomic mass is 9.96. The van der Waals surface area contributed by atoms with E-state index in [0.29, 0.717) is 67.9 Å². The van der Waals surface area contributed by atoms with Crippen LogP contribution in [0.15, 0.2) is 75.5 Å². The summed E-state index contributed by atoms with van der Waals surface area (Å²) in [5.74, 6) is 12.6. The summed E-state index contributed by atoms with van der Waals surface area (Å²) < 4.78 is 17.4. The molecule has 0 spiro atoms. The van der Waals surface area contributed by atoms with Gasteiger partial charge in [0.25, 0.3) is 5.56 Å². The SMILES string of the molecule is CCOCCOCCOC(=O)Nc1ccc(-c2cnc(C3CCc4cc(/C5=C(N(N)/C=N\N)/C=C\C(Cl)=C/CC5)cc(=O)n43)[nH]2)cn1. The lowest BCUT2D eigenvalue weighted by molar-refractivity contribution is 0.0333. The molecule has 15 heteroatoms. The molecule has 0 saturated heterocycles. The first-order chi connectivity index (χ1) is 22.9. The summed E-state index contributed by atoms with van der Waals surface area (Å²) in [7, 11) is 0. The number of allylic oxidation sites excluding steroid dienone is 5. The summed E-state index contributed by atoms with van der Waals surface area (Å²) in [4.78, 5) is 38.0. The molecule has 6 N–H and O–H groups in total. The number of aromatic nitrogens is 4. The van der Waals surface area contributed by atoms with Gasteiger partial charge in [0.2, 0.25) is 0 Å². The number of nitrogens with zero attached hydrogens (tertiary/aromatic N) is 5. The van der Waals surface area contributed by atoms with Crippen LogP contribution in [0, 0.1) is 0 Å². The van der Waals surface area contributed by atoms with Crippen molar-refractivity contribution < 1.29 is 19.0 Å². The predicted molar refractivity (Wildman–Crippen MR) is 179 cm³/mol. The number of halogens is 1. The van der Waals surface area contributed by atoms with Crippen molar-refractivity contribution in [2.45, 2.75) is 38.6 Å². The maximum absolute atomic E-state index is 13.6. The lowest BCUT2D eigenvalue weighted by Crippen LogP contribution is -2.30. The number of rotatable bonds is 13. The zero-order chi connectivity index (χ0) is 33.2. The minimum atomic E-state index is -0.625. The van der Waals surface area contributed by atoms with Gasteiger partial charge in [-0.1, -0.05) is 17.7 Å². The third-order valence-corrected chi connectivity index (χ3v) is 7.93. The normalized spacial score (nSPS) is 19.5. The number of amides is 1. The second kappa shape index (κ2) is 16.2. The van der Waals surface area contributed by atoms with Gasteiger partial charge < -0.3 is 29.6 Å². The van der Waals surface area contributed by atoms with E-state index in [1.807, 2.05) is 25.1 Å². The van der Waals surface area contributed by atoms with Crippen LogP contribution in [0.3, 0.4) is 0 Å². The molecule has 0 bridgehead atoms. The minimum Gasteiger partial charge on any atom is -0.447 e. The van der Waals surface area contributed by atoms with Crippen molar-refractivity contribution in [1.29, 1.82) is 0 Å². The Morgan fingerprint density at radius 2 is 1.98 bits per heavy atom. The van der Waals surface area contributed by atoms with Crippen LogP contribution in [0.25, 0.3) is 16.8 Å². The first-order valence-corrected chi connectivity index (χ1v) is 15.7. The van der Waals surface area contributed by atoms with Gasteiger partial charge in [0, 0.05) is 35.2 Å². The van der Waals surface area contributed by atoms with Gasteiger partial charge in [0.15, 0.2) is 0 Å². The molecule has 1 amide bonds. The number of H-pyrrole nitrogens is 1. The number of nitrogens with two attached hydrogens (primary N) is 2. The molecule has 248 valence electrons. The Bertz CT molecular complexity index is 1730. The number of aryl methyl sites for hydroxylation is 1.